The second kappa shape index (κ2) is 6.81. The van der Waals surface area contributed by atoms with Crippen LogP contribution in [0.2, 0.25) is 0 Å². The van der Waals surface area contributed by atoms with Gasteiger partial charge in [0.2, 0.25) is 5.91 Å². The van der Waals surface area contributed by atoms with E-state index >= 15 is 0 Å². The number of aryl methyl sites for hydroxylation is 1. The molecule has 1 unspecified atom stereocenters. The van der Waals surface area contributed by atoms with Gasteiger partial charge in [0.15, 0.2) is 0 Å². The van der Waals surface area contributed by atoms with Gasteiger partial charge in [-0.1, -0.05) is 24.6 Å². The SMILES string of the molecule is CCC(C)(O)CNC(=O)CSc1ccc(C)cc1. The van der Waals surface area contributed by atoms with E-state index in [0.717, 1.165) is 4.90 Å². The van der Waals surface area contributed by atoms with Crippen molar-refractivity contribution in [3.8, 4) is 0 Å². The quantitative estimate of drug-likeness (QED) is 0.778. The molecule has 0 saturated carbocycles. The van der Waals surface area contributed by atoms with Crippen molar-refractivity contribution in [1.29, 1.82) is 0 Å². The molecule has 0 aliphatic carbocycles. The van der Waals surface area contributed by atoms with Crippen LogP contribution in [0.1, 0.15) is 25.8 Å². The van der Waals surface area contributed by atoms with Crippen molar-refractivity contribution in [1.82, 2.24) is 5.32 Å². The van der Waals surface area contributed by atoms with Gasteiger partial charge in [0.25, 0.3) is 0 Å². The Labute approximate surface area is 113 Å². The Kier molecular flexibility index (Phi) is 5.69. The Bertz CT molecular complexity index is 387. The Morgan fingerprint density at radius 3 is 2.56 bits per heavy atom. The summed E-state index contributed by atoms with van der Waals surface area (Å²) in [5.74, 6) is 0.331. The van der Waals surface area contributed by atoms with Gasteiger partial charge < -0.3 is 10.4 Å². The van der Waals surface area contributed by atoms with Gasteiger partial charge in [-0.3, -0.25) is 4.79 Å². The zero-order valence-corrected chi connectivity index (χ0v) is 12.0. The molecule has 4 heteroatoms. The number of hydrogen-bond acceptors (Lipinski definition) is 3. The average molecular weight is 267 g/mol. The molecule has 0 radical (unpaired) electrons. The maximum atomic E-state index is 11.6. The molecule has 1 amide bonds. The van der Waals surface area contributed by atoms with Crippen molar-refractivity contribution in [2.24, 2.45) is 0 Å². The lowest BCUT2D eigenvalue weighted by atomic mass is 10.0. The lowest BCUT2D eigenvalue weighted by Crippen LogP contribution is -2.40. The zero-order chi connectivity index (χ0) is 13.6. The Morgan fingerprint density at radius 1 is 1.39 bits per heavy atom. The van der Waals surface area contributed by atoms with Crippen molar-refractivity contribution in [3.63, 3.8) is 0 Å². The Balaban J connectivity index is 2.31. The van der Waals surface area contributed by atoms with Gasteiger partial charge in [0, 0.05) is 11.4 Å². The fourth-order valence-electron chi connectivity index (χ4n) is 1.25. The molecule has 2 N–H and O–H groups in total. The third-order valence-corrected chi connectivity index (χ3v) is 3.83. The topological polar surface area (TPSA) is 49.3 Å². The van der Waals surface area contributed by atoms with Crippen LogP contribution in [0, 0.1) is 6.92 Å². The maximum absolute atomic E-state index is 11.6. The Morgan fingerprint density at radius 2 is 2.00 bits per heavy atom. The first kappa shape index (κ1) is 15.1. The normalized spacial score (nSPS) is 14.0. The number of rotatable bonds is 6. The molecule has 0 fully saturated rings. The second-order valence-corrected chi connectivity index (χ2v) is 5.78. The van der Waals surface area contributed by atoms with Gasteiger partial charge in [0.05, 0.1) is 11.4 Å². The van der Waals surface area contributed by atoms with Gasteiger partial charge in [-0.2, -0.15) is 0 Å². The van der Waals surface area contributed by atoms with Gasteiger partial charge in [-0.25, -0.2) is 0 Å². The predicted molar refractivity (Wildman–Crippen MR) is 75.8 cm³/mol. The van der Waals surface area contributed by atoms with E-state index in [0.29, 0.717) is 18.7 Å². The average Bonchev–Trinajstić information content (AvgIpc) is 2.36. The van der Waals surface area contributed by atoms with Gasteiger partial charge in [-0.15, -0.1) is 11.8 Å². The molecule has 1 atom stereocenters. The summed E-state index contributed by atoms with van der Waals surface area (Å²) in [5.41, 5.74) is 0.396. The highest BCUT2D eigenvalue weighted by Gasteiger charge is 2.18. The van der Waals surface area contributed by atoms with Crippen molar-refractivity contribution in [2.75, 3.05) is 12.3 Å². The number of carbonyl (C=O) groups excluding carboxylic acids is 1. The van der Waals surface area contributed by atoms with E-state index < -0.39 is 5.60 Å². The lowest BCUT2D eigenvalue weighted by molar-refractivity contribution is -0.119. The summed E-state index contributed by atoms with van der Waals surface area (Å²) in [6.07, 6.45) is 0.623. The molecule has 1 rings (SSSR count). The second-order valence-electron chi connectivity index (χ2n) is 4.73. The van der Waals surface area contributed by atoms with Crippen molar-refractivity contribution in [2.45, 2.75) is 37.7 Å². The number of benzene rings is 1. The molecule has 0 spiro atoms. The van der Waals surface area contributed by atoms with Crippen LogP contribution in [0.15, 0.2) is 29.2 Å². The van der Waals surface area contributed by atoms with E-state index in [2.05, 4.69) is 5.32 Å². The predicted octanol–water partition coefficient (Wildman–Crippen LogP) is 2.36. The highest BCUT2D eigenvalue weighted by atomic mass is 32.2. The van der Waals surface area contributed by atoms with E-state index in [1.165, 1.54) is 17.3 Å². The van der Waals surface area contributed by atoms with Crippen LogP contribution in [0.4, 0.5) is 0 Å². The van der Waals surface area contributed by atoms with Crippen LogP contribution in [0.5, 0.6) is 0 Å². The molecule has 1 aromatic carbocycles. The van der Waals surface area contributed by atoms with E-state index in [-0.39, 0.29) is 5.91 Å². The minimum Gasteiger partial charge on any atom is -0.388 e. The van der Waals surface area contributed by atoms with Crippen molar-refractivity contribution in [3.05, 3.63) is 29.8 Å². The van der Waals surface area contributed by atoms with Crippen LogP contribution in [0.3, 0.4) is 0 Å². The largest absolute Gasteiger partial charge is 0.388 e. The summed E-state index contributed by atoms with van der Waals surface area (Å²) >= 11 is 1.50. The third kappa shape index (κ3) is 5.56. The number of carbonyl (C=O) groups is 1. The van der Waals surface area contributed by atoms with E-state index in [9.17, 15) is 9.90 Å². The molecular weight excluding hydrogens is 246 g/mol. The molecule has 0 aliphatic heterocycles. The van der Waals surface area contributed by atoms with Gasteiger partial charge in [-0.05, 0) is 32.4 Å². The molecule has 100 valence electrons. The fourth-order valence-corrected chi connectivity index (χ4v) is 1.98. The summed E-state index contributed by atoms with van der Waals surface area (Å²) in [6, 6.07) is 8.08. The van der Waals surface area contributed by atoms with Crippen LogP contribution >= 0.6 is 11.8 Å². The van der Waals surface area contributed by atoms with Crippen molar-refractivity contribution >= 4 is 17.7 Å². The summed E-state index contributed by atoms with van der Waals surface area (Å²) < 4.78 is 0. The molecule has 18 heavy (non-hydrogen) atoms. The van der Waals surface area contributed by atoms with E-state index in [1.807, 2.05) is 38.1 Å². The van der Waals surface area contributed by atoms with Crippen LogP contribution < -0.4 is 5.32 Å². The number of hydrogen-bond donors (Lipinski definition) is 2. The number of nitrogens with one attached hydrogen (secondary N) is 1. The minimum atomic E-state index is -0.815. The van der Waals surface area contributed by atoms with Gasteiger partial charge in [0.1, 0.15) is 0 Å². The first-order valence-electron chi connectivity index (χ1n) is 6.11. The molecule has 3 nitrogen and oxygen atoms in total. The van der Waals surface area contributed by atoms with Crippen molar-refractivity contribution < 1.29 is 9.90 Å². The molecule has 0 heterocycles. The molecule has 0 saturated heterocycles. The highest BCUT2D eigenvalue weighted by Crippen LogP contribution is 2.17. The van der Waals surface area contributed by atoms with E-state index in [1.54, 1.807) is 6.92 Å². The van der Waals surface area contributed by atoms with Crippen LogP contribution in [0.25, 0.3) is 0 Å². The lowest BCUT2D eigenvalue weighted by Gasteiger charge is -2.21. The molecular formula is C14H21NO2S. The smallest absolute Gasteiger partial charge is 0.230 e. The highest BCUT2D eigenvalue weighted by molar-refractivity contribution is 8.00. The molecule has 0 aliphatic rings. The number of amides is 1. The maximum Gasteiger partial charge on any atom is 0.230 e. The zero-order valence-electron chi connectivity index (χ0n) is 11.2. The third-order valence-electron chi connectivity index (χ3n) is 2.82. The first-order chi connectivity index (χ1) is 8.43. The molecule has 0 aromatic heterocycles. The standard InChI is InChI=1S/C14H21NO2S/c1-4-14(3,17)10-15-13(16)9-18-12-7-5-11(2)6-8-12/h5-8,17H,4,9-10H2,1-3H3,(H,15,16). The van der Waals surface area contributed by atoms with E-state index in [4.69, 9.17) is 0 Å². The summed E-state index contributed by atoms with van der Waals surface area (Å²) in [5, 5.41) is 12.5. The fraction of sp³-hybridized carbons (Fsp3) is 0.500. The van der Waals surface area contributed by atoms with Crippen LogP contribution in [-0.4, -0.2) is 28.9 Å². The Hall–Kier alpha value is -1.00. The minimum absolute atomic E-state index is 0.0469. The number of aliphatic hydroxyl groups is 1. The monoisotopic (exact) mass is 267 g/mol. The summed E-state index contributed by atoms with van der Waals surface area (Å²) in [7, 11) is 0. The molecule has 0 bridgehead atoms. The summed E-state index contributed by atoms with van der Waals surface area (Å²) in [4.78, 5) is 12.7. The van der Waals surface area contributed by atoms with Crippen LogP contribution in [-0.2, 0) is 4.79 Å². The summed E-state index contributed by atoms with van der Waals surface area (Å²) in [6.45, 7) is 5.96. The molecule has 1 aromatic rings. The first-order valence-corrected chi connectivity index (χ1v) is 7.10. The van der Waals surface area contributed by atoms with Gasteiger partial charge >= 0.3 is 0 Å². The number of thioether (sulfide) groups is 1.